The number of nitrogens with zero attached hydrogens (tertiary/aromatic N) is 2. The van der Waals surface area contributed by atoms with Crippen LogP contribution < -0.4 is 9.64 Å². The summed E-state index contributed by atoms with van der Waals surface area (Å²) in [6.07, 6.45) is 3.99. The molecule has 1 fully saturated rings. The molecule has 8 heteroatoms. The van der Waals surface area contributed by atoms with Crippen molar-refractivity contribution < 1.29 is 29.0 Å². The summed E-state index contributed by atoms with van der Waals surface area (Å²) in [4.78, 5) is 44.1. The van der Waals surface area contributed by atoms with Gasteiger partial charge in [-0.1, -0.05) is 18.2 Å². The van der Waals surface area contributed by atoms with Gasteiger partial charge in [0, 0.05) is 30.1 Å². The summed E-state index contributed by atoms with van der Waals surface area (Å²) in [5, 5.41) is 11.4. The van der Waals surface area contributed by atoms with Crippen LogP contribution in [0.4, 0.5) is 5.69 Å². The summed E-state index contributed by atoms with van der Waals surface area (Å²) >= 11 is 0. The summed E-state index contributed by atoms with van der Waals surface area (Å²) < 4.78 is 10.8. The molecule has 1 N–H and O–H groups in total. The first kappa shape index (κ1) is 24.2. The third-order valence-electron chi connectivity index (χ3n) is 6.48. The number of aromatic nitrogens is 1. The second-order valence-corrected chi connectivity index (χ2v) is 9.06. The number of hydrogen-bond donors (Lipinski definition) is 1. The van der Waals surface area contributed by atoms with Crippen LogP contribution in [0.2, 0.25) is 0 Å². The molecule has 2 aliphatic heterocycles. The Balaban J connectivity index is 1.57. The highest BCUT2D eigenvalue weighted by Crippen LogP contribution is 2.42. The maximum atomic E-state index is 13.3. The Labute approximate surface area is 214 Å². The van der Waals surface area contributed by atoms with Crippen molar-refractivity contribution in [2.45, 2.75) is 38.8 Å². The molecule has 0 spiro atoms. The lowest BCUT2D eigenvalue weighted by molar-refractivity contribution is -0.142. The molecular weight excluding hydrogens is 472 g/mol. The number of ether oxygens (including phenoxy) is 2. The van der Waals surface area contributed by atoms with Crippen LogP contribution in [0, 0.1) is 0 Å². The number of aliphatic hydroxyl groups is 1. The Bertz CT molecular complexity index is 1400. The first-order valence-electron chi connectivity index (χ1n) is 12.1. The quantitative estimate of drug-likeness (QED) is 0.236. The fourth-order valence-electron chi connectivity index (χ4n) is 4.83. The lowest BCUT2D eigenvalue weighted by Crippen LogP contribution is -2.29. The van der Waals surface area contributed by atoms with Crippen LogP contribution in [-0.4, -0.2) is 40.5 Å². The van der Waals surface area contributed by atoms with Crippen LogP contribution >= 0.6 is 0 Å². The number of ketones is 1. The van der Waals surface area contributed by atoms with Gasteiger partial charge >= 0.3 is 5.97 Å². The molecule has 37 heavy (non-hydrogen) atoms. The lowest BCUT2D eigenvalue weighted by atomic mass is 9.95. The molecule has 0 radical (unpaired) electrons. The number of aliphatic hydroxyl groups excluding tert-OH is 1. The second kappa shape index (κ2) is 9.89. The second-order valence-electron chi connectivity index (χ2n) is 9.06. The first-order valence-corrected chi connectivity index (χ1v) is 12.1. The van der Waals surface area contributed by atoms with Crippen LogP contribution in [0.1, 0.15) is 42.1 Å². The summed E-state index contributed by atoms with van der Waals surface area (Å²) in [6, 6.07) is 14.6. The van der Waals surface area contributed by atoms with Gasteiger partial charge in [-0.2, -0.15) is 0 Å². The molecule has 2 aromatic carbocycles. The van der Waals surface area contributed by atoms with E-state index >= 15 is 0 Å². The average molecular weight is 499 g/mol. The van der Waals surface area contributed by atoms with Gasteiger partial charge in [0.05, 0.1) is 24.6 Å². The summed E-state index contributed by atoms with van der Waals surface area (Å²) in [7, 11) is 0. The van der Waals surface area contributed by atoms with E-state index in [1.165, 1.54) is 4.90 Å². The lowest BCUT2D eigenvalue weighted by Gasteiger charge is -2.25. The highest BCUT2D eigenvalue weighted by Gasteiger charge is 2.47. The van der Waals surface area contributed by atoms with Crippen LogP contribution in [-0.2, 0) is 32.0 Å². The number of carbonyl (C=O) groups excluding carboxylic acids is 3. The van der Waals surface area contributed by atoms with Crippen molar-refractivity contribution in [1.82, 2.24) is 4.98 Å². The molecule has 0 bridgehead atoms. The van der Waals surface area contributed by atoms with Crippen LogP contribution in [0.3, 0.4) is 0 Å². The fraction of sp³-hybridized carbons (Fsp3) is 0.241. The highest BCUT2D eigenvalue weighted by molar-refractivity contribution is 6.51. The highest BCUT2D eigenvalue weighted by atomic mass is 16.5. The number of anilines is 1. The Hall–Kier alpha value is -4.46. The zero-order chi connectivity index (χ0) is 26.1. The molecule has 3 heterocycles. The Morgan fingerprint density at radius 1 is 1.16 bits per heavy atom. The summed E-state index contributed by atoms with van der Waals surface area (Å²) in [6.45, 7) is 4.00. The number of benzene rings is 2. The van der Waals surface area contributed by atoms with Gasteiger partial charge in [-0.15, -0.1) is 0 Å². The van der Waals surface area contributed by atoms with E-state index in [9.17, 15) is 19.5 Å². The van der Waals surface area contributed by atoms with Crippen molar-refractivity contribution in [3.63, 3.8) is 0 Å². The van der Waals surface area contributed by atoms with Gasteiger partial charge in [0.15, 0.2) is 0 Å². The van der Waals surface area contributed by atoms with Crippen molar-refractivity contribution in [3.8, 4) is 5.75 Å². The van der Waals surface area contributed by atoms with Gasteiger partial charge in [0.25, 0.3) is 11.7 Å². The largest absolute Gasteiger partial charge is 0.507 e. The minimum Gasteiger partial charge on any atom is -0.507 e. The van der Waals surface area contributed by atoms with Gasteiger partial charge in [-0.3, -0.25) is 24.3 Å². The van der Waals surface area contributed by atoms with Gasteiger partial charge in [0.1, 0.15) is 17.6 Å². The van der Waals surface area contributed by atoms with Crippen LogP contribution in [0.5, 0.6) is 5.75 Å². The van der Waals surface area contributed by atoms with Crippen molar-refractivity contribution >= 4 is 29.1 Å². The third kappa shape index (κ3) is 4.58. The number of hydrogen-bond acceptors (Lipinski definition) is 7. The minimum atomic E-state index is -0.881. The van der Waals surface area contributed by atoms with E-state index in [1.807, 2.05) is 6.92 Å². The number of rotatable bonds is 6. The molecule has 188 valence electrons. The van der Waals surface area contributed by atoms with Crippen LogP contribution in [0.25, 0.3) is 5.76 Å². The predicted octanol–water partition coefficient (Wildman–Crippen LogP) is 4.14. The minimum absolute atomic E-state index is 0.0134. The van der Waals surface area contributed by atoms with Crippen molar-refractivity contribution in [3.05, 3.63) is 94.8 Å². The van der Waals surface area contributed by atoms with E-state index in [2.05, 4.69) is 4.98 Å². The zero-order valence-corrected chi connectivity index (χ0v) is 20.5. The molecule has 0 saturated carbocycles. The van der Waals surface area contributed by atoms with Crippen molar-refractivity contribution in [2.24, 2.45) is 0 Å². The molecule has 3 aromatic rings. The molecule has 1 aromatic heterocycles. The van der Waals surface area contributed by atoms with E-state index in [0.717, 1.165) is 11.3 Å². The number of esters is 1. The van der Waals surface area contributed by atoms with Gasteiger partial charge in [-0.05, 0) is 66.9 Å². The number of pyridine rings is 1. The van der Waals surface area contributed by atoms with E-state index < -0.39 is 17.7 Å². The molecule has 8 nitrogen and oxygen atoms in total. The monoisotopic (exact) mass is 498 g/mol. The summed E-state index contributed by atoms with van der Waals surface area (Å²) in [5.41, 5.74) is 3.11. The fourth-order valence-corrected chi connectivity index (χ4v) is 4.83. The maximum absolute atomic E-state index is 13.3. The number of amides is 1. The van der Waals surface area contributed by atoms with Crippen LogP contribution in [0.15, 0.2) is 72.6 Å². The van der Waals surface area contributed by atoms with E-state index in [-0.39, 0.29) is 29.8 Å². The topological polar surface area (TPSA) is 106 Å². The number of fused-ring (bicyclic) bond motifs is 1. The summed E-state index contributed by atoms with van der Waals surface area (Å²) in [5.74, 6) is -1.40. The molecule has 2 aliphatic rings. The standard InChI is InChI=1S/C29H26N2O6/c1-3-36-24(32)14-18-6-9-22(10-7-18)31-26(20-5-4-12-30-16-20)25(28(34)29(31)35)27(33)19-8-11-23-21(15-19)13-17(2)37-23/h4-12,15-17,26,33H,3,13-14H2,1-2H3/b27-25-. The smallest absolute Gasteiger partial charge is 0.310 e. The van der Waals surface area contributed by atoms with Crippen molar-refractivity contribution in [1.29, 1.82) is 0 Å². The van der Waals surface area contributed by atoms with Gasteiger partial charge in [-0.25, -0.2) is 0 Å². The predicted molar refractivity (Wildman–Crippen MR) is 136 cm³/mol. The maximum Gasteiger partial charge on any atom is 0.310 e. The van der Waals surface area contributed by atoms with E-state index in [0.29, 0.717) is 35.4 Å². The Morgan fingerprint density at radius 3 is 2.65 bits per heavy atom. The first-order chi connectivity index (χ1) is 17.9. The Morgan fingerprint density at radius 2 is 1.95 bits per heavy atom. The molecule has 1 saturated heterocycles. The third-order valence-corrected chi connectivity index (χ3v) is 6.48. The molecule has 2 unspecified atom stereocenters. The average Bonchev–Trinajstić information content (AvgIpc) is 3.40. The molecule has 1 amide bonds. The van der Waals surface area contributed by atoms with E-state index in [4.69, 9.17) is 9.47 Å². The molecule has 2 atom stereocenters. The number of carbonyl (C=O) groups is 3. The van der Waals surface area contributed by atoms with Crippen molar-refractivity contribution in [2.75, 3.05) is 11.5 Å². The Kier molecular flexibility index (Phi) is 6.48. The molecule has 5 rings (SSSR count). The van der Waals surface area contributed by atoms with E-state index in [1.54, 1.807) is 73.9 Å². The number of Topliss-reactive ketones (excluding diaryl/α,β-unsaturated/α-hetero) is 1. The molecular formula is C29H26N2O6. The van der Waals surface area contributed by atoms with Gasteiger partial charge < -0.3 is 14.6 Å². The zero-order valence-electron chi connectivity index (χ0n) is 20.5. The molecule has 0 aliphatic carbocycles. The normalized spacial score (nSPS) is 20.0. The van der Waals surface area contributed by atoms with Gasteiger partial charge in [0.2, 0.25) is 0 Å². The SMILES string of the molecule is CCOC(=O)Cc1ccc(N2C(=O)C(=O)/C(=C(\O)c3ccc4c(c3)CC(C)O4)C2c2cccnc2)cc1.